The van der Waals surface area contributed by atoms with Gasteiger partial charge in [0.2, 0.25) is 0 Å². The lowest BCUT2D eigenvalue weighted by molar-refractivity contribution is 0.423. The largest absolute Gasteiger partial charge is 0.505 e. The highest BCUT2D eigenvalue weighted by atomic mass is 32.1. The Hall–Kier alpha value is -1.39. The summed E-state index contributed by atoms with van der Waals surface area (Å²) < 4.78 is 13.1. The van der Waals surface area contributed by atoms with Crippen molar-refractivity contribution in [3.8, 4) is 5.75 Å². The van der Waals surface area contributed by atoms with Crippen LogP contribution in [0.3, 0.4) is 0 Å². The summed E-state index contributed by atoms with van der Waals surface area (Å²) in [5.41, 5.74) is 0.582. The predicted molar refractivity (Wildman–Crippen MR) is 67.7 cm³/mol. The second-order valence-electron chi connectivity index (χ2n) is 3.86. The van der Waals surface area contributed by atoms with Crippen LogP contribution in [0, 0.1) is 12.7 Å². The molecule has 0 saturated carbocycles. The van der Waals surface area contributed by atoms with Gasteiger partial charge in [0, 0.05) is 28.4 Å². The smallest absolute Gasteiger partial charge is 0.165 e. The van der Waals surface area contributed by atoms with E-state index in [-0.39, 0.29) is 5.75 Å². The molecule has 0 saturated heterocycles. The normalized spacial score (nSPS) is 10.7. The number of phenolic OH excluding ortho intramolecular Hbond substituents is 1. The minimum atomic E-state index is -0.573. The summed E-state index contributed by atoms with van der Waals surface area (Å²) in [6, 6.07) is 8.70. The number of hydrogen-bond acceptors (Lipinski definition) is 3. The number of phenols is 1. The Morgan fingerprint density at radius 2 is 2.06 bits per heavy atom. The molecule has 2 aromatic rings. The van der Waals surface area contributed by atoms with Crippen LogP contribution in [0.2, 0.25) is 0 Å². The van der Waals surface area contributed by atoms with Crippen molar-refractivity contribution in [3.63, 3.8) is 0 Å². The Balaban J connectivity index is 1.92. The number of thiophene rings is 1. The van der Waals surface area contributed by atoms with Crippen molar-refractivity contribution in [1.29, 1.82) is 0 Å². The van der Waals surface area contributed by atoms with E-state index >= 15 is 0 Å². The molecule has 1 heterocycles. The SMILES string of the molecule is Cc1ccc(CNCc2cccc(F)c2O)s1. The fourth-order valence-electron chi connectivity index (χ4n) is 1.60. The molecular formula is C13H14FNOS. The third kappa shape index (κ3) is 3.05. The molecule has 2 rings (SSSR count). The van der Waals surface area contributed by atoms with Gasteiger partial charge in [0.05, 0.1) is 0 Å². The second kappa shape index (κ2) is 5.29. The lowest BCUT2D eigenvalue weighted by Crippen LogP contribution is -2.12. The summed E-state index contributed by atoms with van der Waals surface area (Å²) in [6.07, 6.45) is 0. The van der Waals surface area contributed by atoms with Crippen LogP contribution in [0.5, 0.6) is 5.75 Å². The van der Waals surface area contributed by atoms with E-state index in [2.05, 4.69) is 24.4 Å². The highest BCUT2D eigenvalue weighted by molar-refractivity contribution is 7.11. The van der Waals surface area contributed by atoms with E-state index in [1.807, 2.05) is 0 Å². The van der Waals surface area contributed by atoms with Crippen molar-refractivity contribution in [2.24, 2.45) is 0 Å². The van der Waals surface area contributed by atoms with Gasteiger partial charge < -0.3 is 10.4 Å². The highest BCUT2D eigenvalue weighted by Gasteiger charge is 2.05. The Morgan fingerprint density at radius 1 is 1.24 bits per heavy atom. The van der Waals surface area contributed by atoms with Crippen LogP contribution in [-0.4, -0.2) is 5.11 Å². The third-order valence-corrected chi connectivity index (χ3v) is 3.48. The molecule has 0 fully saturated rings. The van der Waals surface area contributed by atoms with E-state index in [1.165, 1.54) is 15.8 Å². The number of halogens is 1. The lowest BCUT2D eigenvalue weighted by Gasteiger charge is -2.06. The van der Waals surface area contributed by atoms with Crippen molar-refractivity contribution in [1.82, 2.24) is 5.32 Å². The maximum atomic E-state index is 13.1. The van der Waals surface area contributed by atoms with Crippen LogP contribution in [0.1, 0.15) is 15.3 Å². The molecule has 0 aliphatic heterocycles. The highest BCUT2D eigenvalue weighted by Crippen LogP contribution is 2.20. The Morgan fingerprint density at radius 3 is 2.76 bits per heavy atom. The molecule has 0 aliphatic carbocycles. The summed E-state index contributed by atoms with van der Waals surface area (Å²) >= 11 is 1.73. The molecule has 2 nitrogen and oxygen atoms in total. The maximum absolute atomic E-state index is 13.1. The monoisotopic (exact) mass is 251 g/mol. The first kappa shape index (κ1) is 12.1. The van der Waals surface area contributed by atoms with E-state index in [1.54, 1.807) is 23.5 Å². The molecule has 4 heteroatoms. The first-order chi connectivity index (χ1) is 8.16. The topological polar surface area (TPSA) is 32.3 Å². The van der Waals surface area contributed by atoms with Gasteiger partial charge in [-0.05, 0) is 25.1 Å². The van der Waals surface area contributed by atoms with E-state index in [9.17, 15) is 9.50 Å². The van der Waals surface area contributed by atoms with E-state index in [0.717, 1.165) is 6.54 Å². The molecule has 0 radical (unpaired) electrons. The van der Waals surface area contributed by atoms with Crippen molar-refractivity contribution >= 4 is 11.3 Å². The van der Waals surface area contributed by atoms with Gasteiger partial charge in [-0.25, -0.2) is 4.39 Å². The first-order valence-electron chi connectivity index (χ1n) is 5.39. The van der Waals surface area contributed by atoms with E-state index in [4.69, 9.17) is 0 Å². The molecule has 0 bridgehead atoms. The molecule has 1 aromatic carbocycles. The molecule has 0 aliphatic rings. The number of nitrogens with one attached hydrogen (secondary N) is 1. The van der Waals surface area contributed by atoms with Crippen LogP contribution in [0.25, 0.3) is 0 Å². The number of aryl methyl sites for hydroxylation is 1. The average molecular weight is 251 g/mol. The molecule has 0 spiro atoms. The van der Waals surface area contributed by atoms with Gasteiger partial charge in [0.25, 0.3) is 0 Å². The molecular weight excluding hydrogens is 237 g/mol. The van der Waals surface area contributed by atoms with Crippen molar-refractivity contribution in [2.45, 2.75) is 20.0 Å². The Labute approximate surface area is 104 Å². The van der Waals surface area contributed by atoms with Crippen LogP contribution in [0.4, 0.5) is 4.39 Å². The van der Waals surface area contributed by atoms with Crippen molar-refractivity contribution in [2.75, 3.05) is 0 Å². The summed E-state index contributed by atoms with van der Waals surface area (Å²) in [6.45, 7) is 3.25. The van der Waals surface area contributed by atoms with Gasteiger partial charge >= 0.3 is 0 Å². The van der Waals surface area contributed by atoms with Gasteiger partial charge in [-0.1, -0.05) is 12.1 Å². The third-order valence-electron chi connectivity index (χ3n) is 2.48. The second-order valence-corrected chi connectivity index (χ2v) is 5.24. The number of rotatable bonds is 4. The summed E-state index contributed by atoms with van der Waals surface area (Å²) in [7, 11) is 0. The van der Waals surface area contributed by atoms with Crippen LogP contribution >= 0.6 is 11.3 Å². The molecule has 17 heavy (non-hydrogen) atoms. The molecule has 0 amide bonds. The molecule has 0 unspecified atom stereocenters. The minimum Gasteiger partial charge on any atom is -0.505 e. The van der Waals surface area contributed by atoms with Gasteiger partial charge in [-0.3, -0.25) is 0 Å². The van der Waals surface area contributed by atoms with Gasteiger partial charge in [0.15, 0.2) is 11.6 Å². The predicted octanol–water partition coefficient (Wildman–Crippen LogP) is 3.19. The van der Waals surface area contributed by atoms with Crippen LogP contribution in [0.15, 0.2) is 30.3 Å². The number of benzene rings is 1. The number of hydrogen-bond donors (Lipinski definition) is 2. The molecule has 0 atom stereocenters. The van der Waals surface area contributed by atoms with Gasteiger partial charge in [0.1, 0.15) is 0 Å². The van der Waals surface area contributed by atoms with Crippen molar-refractivity contribution in [3.05, 3.63) is 51.5 Å². The maximum Gasteiger partial charge on any atom is 0.165 e. The van der Waals surface area contributed by atoms with E-state index in [0.29, 0.717) is 12.1 Å². The zero-order valence-corrected chi connectivity index (χ0v) is 10.4. The average Bonchev–Trinajstić information content (AvgIpc) is 2.70. The number of aromatic hydroxyl groups is 1. The quantitative estimate of drug-likeness (QED) is 0.874. The molecule has 1 aromatic heterocycles. The summed E-state index contributed by atoms with van der Waals surface area (Å²) in [4.78, 5) is 2.51. The van der Waals surface area contributed by atoms with Gasteiger partial charge in [-0.15, -0.1) is 11.3 Å². The Bertz CT molecular complexity index is 510. The van der Waals surface area contributed by atoms with Crippen LogP contribution in [-0.2, 0) is 13.1 Å². The Kier molecular flexibility index (Phi) is 3.76. The standard InChI is InChI=1S/C13H14FNOS/c1-9-5-6-11(17-9)8-15-7-10-3-2-4-12(14)13(10)16/h2-6,15-16H,7-8H2,1H3. The zero-order chi connectivity index (χ0) is 12.3. The molecule has 90 valence electrons. The summed E-state index contributed by atoms with van der Waals surface area (Å²) in [5, 5.41) is 12.7. The zero-order valence-electron chi connectivity index (χ0n) is 9.53. The number of para-hydroxylation sites is 1. The van der Waals surface area contributed by atoms with Gasteiger partial charge in [-0.2, -0.15) is 0 Å². The van der Waals surface area contributed by atoms with Crippen LogP contribution < -0.4 is 5.32 Å². The summed E-state index contributed by atoms with van der Waals surface area (Å²) in [5.74, 6) is -0.835. The first-order valence-corrected chi connectivity index (χ1v) is 6.21. The van der Waals surface area contributed by atoms with Crippen molar-refractivity contribution < 1.29 is 9.50 Å². The molecule has 2 N–H and O–H groups in total. The van der Waals surface area contributed by atoms with E-state index < -0.39 is 5.82 Å². The fourth-order valence-corrected chi connectivity index (χ4v) is 2.46. The lowest BCUT2D eigenvalue weighted by atomic mass is 10.2. The minimum absolute atomic E-state index is 0.262. The fraction of sp³-hybridized carbons (Fsp3) is 0.231.